The number of imidazole rings is 1. The van der Waals surface area contributed by atoms with Crippen LogP contribution < -0.4 is 5.32 Å². The molecule has 1 aromatic heterocycles. The van der Waals surface area contributed by atoms with Crippen molar-refractivity contribution in [2.45, 2.75) is 13.6 Å². The van der Waals surface area contributed by atoms with E-state index in [1.165, 1.54) is 0 Å². The number of hydrogen-bond donors (Lipinski definition) is 1. The van der Waals surface area contributed by atoms with Crippen LogP contribution in [0, 0.1) is 6.92 Å². The third kappa shape index (κ3) is 1.29. The topological polar surface area (TPSA) is 29.9 Å². The van der Waals surface area contributed by atoms with E-state index in [1.807, 2.05) is 24.7 Å². The smallest absolute Gasteiger partial charge is 0.106 e. The van der Waals surface area contributed by atoms with E-state index in [9.17, 15) is 0 Å². The zero-order chi connectivity index (χ0) is 6.69. The molecule has 0 atom stereocenters. The molecule has 1 N–H and O–H groups in total. The molecule has 0 bridgehead atoms. The number of rotatable bonds is 2. The Hall–Kier alpha value is -0.830. The van der Waals surface area contributed by atoms with E-state index in [0.717, 1.165) is 12.5 Å². The Morgan fingerprint density at radius 3 is 3.00 bits per heavy atom. The molecule has 0 saturated heterocycles. The van der Waals surface area contributed by atoms with Gasteiger partial charge in [0.15, 0.2) is 0 Å². The average Bonchev–Trinajstić information content (AvgIpc) is 2.18. The van der Waals surface area contributed by atoms with Gasteiger partial charge in [-0.3, -0.25) is 0 Å². The number of nitrogens with one attached hydrogen (secondary N) is 1. The van der Waals surface area contributed by atoms with E-state index in [-0.39, 0.29) is 0 Å². The summed E-state index contributed by atoms with van der Waals surface area (Å²) in [5.41, 5.74) is 0. The molecule has 3 heteroatoms. The summed E-state index contributed by atoms with van der Waals surface area (Å²) >= 11 is 0. The Bertz CT molecular complexity index is 180. The average molecular weight is 125 g/mol. The van der Waals surface area contributed by atoms with Crippen LogP contribution in [0.1, 0.15) is 5.82 Å². The van der Waals surface area contributed by atoms with Gasteiger partial charge in [0.1, 0.15) is 5.82 Å². The van der Waals surface area contributed by atoms with Gasteiger partial charge in [-0.1, -0.05) is 0 Å². The fourth-order valence-electron chi connectivity index (χ4n) is 0.741. The van der Waals surface area contributed by atoms with Gasteiger partial charge in [-0.2, -0.15) is 0 Å². The molecule has 9 heavy (non-hydrogen) atoms. The summed E-state index contributed by atoms with van der Waals surface area (Å²) in [7, 11) is 1.92. The number of aromatic nitrogens is 2. The second-order valence-corrected chi connectivity index (χ2v) is 1.96. The van der Waals surface area contributed by atoms with Crippen LogP contribution in [0.15, 0.2) is 12.4 Å². The maximum absolute atomic E-state index is 4.06. The first-order chi connectivity index (χ1) is 4.34. The lowest BCUT2D eigenvalue weighted by Gasteiger charge is -2.00. The maximum atomic E-state index is 4.06. The molecule has 50 valence electrons. The van der Waals surface area contributed by atoms with Crippen molar-refractivity contribution in [2.75, 3.05) is 7.05 Å². The van der Waals surface area contributed by atoms with Gasteiger partial charge < -0.3 is 9.88 Å². The normalized spacial score (nSPS) is 10.0. The summed E-state index contributed by atoms with van der Waals surface area (Å²) in [5, 5.41) is 3.03. The van der Waals surface area contributed by atoms with Crippen molar-refractivity contribution in [3.8, 4) is 0 Å². The third-order valence-corrected chi connectivity index (χ3v) is 1.25. The van der Waals surface area contributed by atoms with Crippen molar-refractivity contribution in [3.05, 3.63) is 18.2 Å². The van der Waals surface area contributed by atoms with E-state index in [2.05, 4.69) is 10.3 Å². The highest BCUT2D eigenvalue weighted by atomic mass is 15.1. The van der Waals surface area contributed by atoms with E-state index in [0.29, 0.717) is 0 Å². The van der Waals surface area contributed by atoms with E-state index in [4.69, 9.17) is 0 Å². The zero-order valence-electron chi connectivity index (χ0n) is 5.76. The van der Waals surface area contributed by atoms with Crippen molar-refractivity contribution in [1.29, 1.82) is 0 Å². The highest BCUT2D eigenvalue weighted by molar-refractivity contribution is 4.87. The molecule has 0 radical (unpaired) electrons. The van der Waals surface area contributed by atoms with Crippen LogP contribution in [0.4, 0.5) is 0 Å². The minimum atomic E-state index is 0.839. The predicted molar refractivity (Wildman–Crippen MR) is 36.0 cm³/mol. The first-order valence-corrected chi connectivity index (χ1v) is 2.97. The fraction of sp³-hybridized carbons (Fsp3) is 0.500. The highest BCUT2D eigenvalue weighted by Crippen LogP contribution is 1.91. The van der Waals surface area contributed by atoms with E-state index >= 15 is 0 Å². The van der Waals surface area contributed by atoms with Crippen molar-refractivity contribution in [3.63, 3.8) is 0 Å². The second kappa shape index (κ2) is 2.64. The summed E-state index contributed by atoms with van der Waals surface area (Å²) in [6.07, 6.45) is 3.75. The molecular weight excluding hydrogens is 114 g/mol. The van der Waals surface area contributed by atoms with Crippen LogP contribution in [0.2, 0.25) is 0 Å². The van der Waals surface area contributed by atoms with Crippen LogP contribution >= 0.6 is 0 Å². The Morgan fingerprint density at radius 1 is 1.78 bits per heavy atom. The molecule has 0 aromatic carbocycles. The number of aryl methyl sites for hydroxylation is 1. The van der Waals surface area contributed by atoms with E-state index < -0.39 is 0 Å². The van der Waals surface area contributed by atoms with Gasteiger partial charge >= 0.3 is 0 Å². The van der Waals surface area contributed by atoms with Crippen molar-refractivity contribution in [1.82, 2.24) is 14.9 Å². The van der Waals surface area contributed by atoms with Gasteiger partial charge in [-0.15, -0.1) is 0 Å². The van der Waals surface area contributed by atoms with Gasteiger partial charge in [0.2, 0.25) is 0 Å². The van der Waals surface area contributed by atoms with Gasteiger partial charge in [0, 0.05) is 12.4 Å². The first kappa shape index (κ1) is 6.29. The first-order valence-electron chi connectivity index (χ1n) is 2.97. The Morgan fingerprint density at radius 2 is 2.56 bits per heavy atom. The second-order valence-electron chi connectivity index (χ2n) is 1.96. The van der Waals surface area contributed by atoms with Gasteiger partial charge in [0.25, 0.3) is 0 Å². The molecule has 0 aliphatic heterocycles. The Kier molecular flexibility index (Phi) is 1.85. The largest absolute Gasteiger partial charge is 0.322 e. The molecule has 0 aliphatic rings. The monoisotopic (exact) mass is 125 g/mol. The van der Waals surface area contributed by atoms with Gasteiger partial charge in [-0.05, 0) is 14.0 Å². The lowest BCUT2D eigenvalue weighted by atomic mass is 10.7. The molecule has 0 spiro atoms. The molecule has 0 fully saturated rings. The molecule has 1 heterocycles. The minimum absolute atomic E-state index is 0.839. The summed E-state index contributed by atoms with van der Waals surface area (Å²) in [5.74, 6) is 1.05. The van der Waals surface area contributed by atoms with Crippen molar-refractivity contribution >= 4 is 0 Å². The molecule has 1 aromatic rings. The SMILES string of the molecule is CNCn1ccnc1C. The molecule has 0 aliphatic carbocycles. The van der Waals surface area contributed by atoms with Crippen molar-refractivity contribution < 1.29 is 0 Å². The summed E-state index contributed by atoms with van der Waals surface area (Å²) in [4.78, 5) is 4.06. The third-order valence-electron chi connectivity index (χ3n) is 1.25. The summed E-state index contributed by atoms with van der Waals surface area (Å²) in [6.45, 7) is 2.82. The van der Waals surface area contributed by atoms with Crippen LogP contribution in [0.3, 0.4) is 0 Å². The number of nitrogens with zero attached hydrogens (tertiary/aromatic N) is 2. The lowest BCUT2D eigenvalue weighted by molar-refractivity contribution is 0.602. The fourth-order valence-corrected chi connectivity index (χ4v) is 0.741. The van der Waals surface area contributed by atoms with Gasteiger partial charge in [0.05, 0.1) is 6.67 Å². The molecule has 0 saturated carbocycles. The van der Waals surface area contributed by atoms with Crippen LogP contribution in [0.5, 0.6) is 0 Å². The highest BCUT2D eigenvalue weighted by Gasteiger charge is 1.90. The molecule has 0 amide bonds. The quantitative estimate of drug-likeness (QED) is 0.618. The predicted octanol–water partition coefficient (Wildman–Crippen LogP) is 0.368. The van der Waals surface area contributed by atoms with Gasteiger partial charge in [-0.25, -0.2) is 4.98 Å². The molecular formula is C6H11N3. The molecule has 1 rings (SSSR count). The van der Waals surface area contributed by atoms with Crippen LogP contribution in [-0.4, -0.2) is 16.6 Å². The van der Waals surface area contributed by atoms with Crippen LogP contribution in [-0.2, 0) is 6.67 Å². The van der Waals surface area contributed by atoms with Crippen LogP contribution in [0.25, 0.3) is 0 Å². The minimum Gasteiger partial charge on any atom is -0.322 e. The molecule has 0 unspecified atom stereocenters. The maximum Gasteiger partial charge on any atom is 0.106 e. The lowest BCUT2D eigenvalue weighted by Crippen LogP contribution is -2.13. The van der Waals surface area contributed by atoms with E-state index in [1.54, 1.807) is 6.20 Å². The number of hydrogen-bond acceptors (Lipinski definition) is 2. The zero-order valence-corrected chi connectivity index (χ0v) is 5.76. The summed E-state index contributed by atoms with van der Waals surface area (Å²) < 4.78 is 2.04. The molecule has 3 nitrogen and oxygen atoms in total. The Balaban J connectivity index is 2.69. The Labute approximate surface area is 54.7 Å². The summed E-state index contributed by atoms with van der Waals surface area (Å²) in [6, 6.07) is 0. The standard InChI is InChI=1S/C6H11N3/c1-6-8-3-4-9(6)5-7-2/h3-4,7H,5H2,1-2H3. The van der Waals surface area contributed by atoms with Crippen molar-refractivity contribution in [2.24, 2.45) is 0 Å².